The summed E-state index contributed by atoms with van der Waals surface area (Å²) in [6.45, 7) is 1.79. The summed E-state index contributed by atoms with van der Waals surface area (Å²) in [6, 6.07) is 2.98. The molecule has 3 aromatic rings. The van der Waals surface area contributed by atoms with Crippen LogP contribution in [0.1, 0.15) is 36.2 Å². The summed E-state index contributed by atoms with van der Waals surface area (Å²) in [4.78, 5) is 39.3. The van der Waals surface area contributed by atoms with Crippen molar-refractivity contribution in [2.75, 3.05) is 48.4 Å². The SMILES string of the molecule is CN1CCCc2c1nc(N1CCC3(CC1)C(=O)N(C)c1cc(OCc4nn[nH]n4)cc(F)c13)[nH]c2=O. The van der Waals surface area contributed by atoms with Crippen LogP contribution < -0.4 is 25.0 Å². The lowest BCUT2D eigenvalue weighted by Crippen LogP contribution is -2.49. The highest BCUT2D eigenvalue weighted by Crippen LogP contribution is 2.50. The van der Waals surface area contributed by atoms with Crippen molar-refractivity contribution in [3.05, 3.63) is 45.3 Å². The van der Waals surface area contributed by atoms with Crippen molar-refractivity contribution in [3.63, 3.8) is 0 Å². The molecule has 1 spiro atoms. The maximum absolute atomic E-state index is 15.5. The number of piperidine rings is 1. The number of hydrogen-bond donors (Lipinski definition) is 2. The van der Waals surface area contributed by atoms with E-state index in [2.05, 4.69) is 25.6 Å². The second kappa shape index (κ2) is 8.28. The average molecular weight is 496 g/mol. The van der Waals surface area contributed by atoms with Gasteiger partial charge in [-0.05, 0) is 25.7 Å². The monoisotopic (exact) mass is 495 g/mol. The molecule has 36 heavy (non-hydrogen) atoms. The Morgan fingerprint density at radius 1 is 1.17 bits per heavy atom. The zero-order chi connectivity index (χ0) is 25.0. The largest absolute Gasteiger partial charge is 0.485 e. The molecule has 1 fully saturated rings. The van der Waals surface area contributed by atoms with E-state index in [1.165, 1.54) is 11.0 Å². The second-order valence-electron chi connectivity index (χ2n) is 9.57. The van der Waals surface area contributed by atoms with Crippen LogP contribution in [0.5, 0.6) is 5.75 Å². The Kier molecular flexibility index (Phi) is 5.16. The third-order valence-corrected chi connectivity index (χ3v) is 7.53. The Morgan fingerprint density at radius 2 is 1.97 bits per heavy atom. The topological polar surface area (TPSA) is 136 Å². The van der Waals surface area contributed by atoms with Gasteiger partial charge in [-0.3, -0.25) is 14.6 Å². The molecule has 12 nitrogen and oxygen atoms in total. The van der Waals surface area contributed by atoms with E-state index in [0.717, 1.165) is 13.0 Å². The van der Waals surface area contributed by atoms with Gasteiger partial charge in [-0.15, -0.1) is 10.2 Å². The molecule has 0 atom stereocenters. The van der Waals surface area contributed by atoms with Crippen LogP contribution in [0.2, 0.25) is 0 Å². The molecule has 5 heterocycles. The van der Waals surface area contributed by atoms with Crippen LogP contribution in [0.25, 0.3) is 0 Å². The van der Waals surface area contributed by atoms with Crippen molar-refractivity contribution in [3.8, 4) is 5.75 Å². The average Bonchev–Trinajstić information content (AvgIpc) is 3.46. The van der Waals surface area contributed by atoms with Gasteiger partial charge in [-0.1, -0.05) is 5.21 Å². The van der Waals surface area contributed by atoms with Crippen molar-refractivity contribution in [1.82, 2.24) is 30.6 Å². The summed E-state index contributed by atoms with van der Waals surface area (Å²) in [7, 11) is 3.59. The minimum Gasteiger partial charge on any atom is -0.485 e. The quantitative estimate of drug-likeness (QED) is 0.541. The molecule has 3 aliphatic rings. The lowest BCUT2D eigenvalue weighted by atomic mass is 9.73. The summed E-state index contributed by atoms with van der Waals surface area (Å²) in [6.07, 6.45) is 2.44. The Labute approximate surface area is 205 Å². The molecule has 0 bridgehead atoms. The van der Waals surface area contributed by atoms with Gasteiger partial charge in [0, 0.05) is 51.4 Å². The fourth-order valence-electron chi connectivity index (χ4n) is 5.65. The van der Waals surface area contributed by atoms with Crippen molar-refractivity contribution in [2.24, 2.45) is 0 Å². The van der Waals surface area contributed by atoms with Gasteiger partial charge in [0.2, 0.25) is 17.7 Å². The first kappa shape index (κ1) is 22.4. The molecule has 13 heteroatoms. The van der Waals surface area contributed by atoms with E-state index in [0.29, 0.717) is 66.8 Å². The first-order chi connectivity index (χ1) is 17.4. The van der Waals surface area contributed by atoms with Gasteiger partial charge in [0.15, 0.2) is 6.61 Å². The normalized spacial score (nSPS) is 18.5. The van der Waals surface area contributed by atoms with Crippen LogP contribution in [0.15, 0.2) is 16.9 Å². The zero-order valence-electron chi connectivity index (χ0n) is 20.0. The second-order valence-corrected chi connectivity index (χ2v) is 9.57. The lowest BCUT2D eigenvalue weighted by Gasteiger charge is -2.39. The molecule has 0 radical (unpaired) electrons. The number of tetrazole rings is 1. The number of rotatable bonds is 4. The number of carbonyl (C=O) groups is 1. The van der Waals surface area contributed by atoms with Gasteiger partial charge in [0.1, 0.15) is 17.4 Å². The van der Waals surface area contributed by atoms with E-state index in [4.69, 9.17) is 9.72 Å². The Hall–Kier alpha value is -4.03. The van der Waals surface area contributed by atoms with Crippen LogP contribution in [-0.2, 0) is 23.2 Å². The number of hydrogen-bond acceptors (Lipinski definition) is 9. The third kappa shape index (κ3) is 3.40. The fraction of sp³-hybridized carbons (Fsp3) is 0.478. The summed E-state index contributed by atoms with van der Waals surface area (Å²) >= 11 is 0. The van der Waals surface area contributed by atoms with Gasteiger partial charge < -0.3 is 19.4 Å². The van der Waals surface area contributed by atoms with E-state index in [1.807, 2.05) is 16.8 Å². The molecule has 1 saturated heterocycles. The van der Waals surface area contributed by atoms with Crippen molar-refractivity contribution >= 4 is 23.4 Å². The van der Waals surface area contributed by atoms with E-state index in [1.54, 1.807) is 13.1 Å². The fourth-order valence-corrected chi connectivity index (χ4v) is 5.65. The van der Waals surface area contributed by atoms with E-state index < -0.39 is 11.2 Å². The first-order valence-electron chi connectivity index (χ1n) is 11.9. The minimum absolute atomic E-state index is 0.0215. The van der Waals surface area contributed by atoms with Crippen LogP contribution in [0.3, 0.4) is 0 Å². The Bertz CT molecular complexity index is 1380. The standard InChI is InChI=1S/C23H26FN9O3/c1-31-7-3-4-14-19(31)25-22(26-20(14)34)33-8-5-23(6-9-33)18-15(24)10-13(11-16(18)32(2)21(23)35)36-12-17-27-29-30-28-17/h10-11H,3-9,12H2,1-2H3,(H,25,26,34)(H,27,28,29,30). The van der Waals surface area contributed by atoms with Crippen LogP contribution in [0.4, 0.5) is 21.8 Å². The van der Waals surface area contributed by atoms with Gasteiger partial charge in [-0.25, -0.2) is 4.39 Å². The van der Waals surface area contributed by atoms with Gasteiger partial charge in [0.25, 0.3) is 5.56 Å². The highest BCUT2D eigenvalue weighted by Gasteiger charge is 2.53. The minimum atomic E-state index is -0.970. The van der Waals surface area contributed by atoms with Gasteiger partial charge >= 0.3 is 0 Å². The summed E-state index contributed by atoms with van der Waals surface area (Å²) in [5.74, 6) is 1.20. The number of carbonyl (C=O) groups excluding carboxylic acids is 1. The number of ether oxygens (including phenoxy) is 1. The maximum atomic E-state index is 15.5. The zero-order valence-corrected chi connectivity index (χ0v) is 20.0. The summed E-state index contributed by atoms with van der Waals surface area (Å²) < 4.78 is 21.1. The summed E-state index contributed by atoms with van der Waals surface area (Å²) in [5.41, 5.74) is 0.513. The number of halogens is 1. The molecule has 2 aromatic heterocycles. The number of anilines is 3. The smallest absolute Gasteiger partial charge is 0.257 e. The molecule has 1 amide bonds. The molecular formula is C23H26FN9O3. The predicted octanol–water partition coefficient (Wildman–Crippen LogP) is 0.898. The lowest BCUT2D eigenvalue weighted by molar-refractivity contribution is -0.123. The van der Waals surface area contributed by atoms with Crippen molar-refractivity contribution < 1.29 is 13.9 Å². The number of likely N-dealkylation sites (N-methyl/N-ethyl adjacent to an activating group) is 1. The number of nitrogens with one attached hydrogen (secondary N) is 2. The molecule has 0 unspecified atom stereocenters. The number of fused-ring (bicyclic) bond motifs is 3. The summed E-state index contributed by atoms with van der Waals surface area (Å²) in [5, 5.41) is 13.5. The third-order valence-electron chi connectivity index (χ3n) is 7.53. The van der Waals surface area contributed by atoms with E-state index in [9.17, 15) is 9.59 Å². The van der Waals surface area contributed by atoms with Gasteiger partial charge in [0.05, 0.1) is 16.7 Å². The van der Waals surface area contributed by atoms with Crippen LogP contribution in [0, 0.1) is 5.82 Å². The van der Waals surface area contributed by atoms with Crippen molar-refractivity contribution in [2.45, 2.75) is 37.7 Å². The maximum Gasteiger partial charge on any atom is 0.257 e. The number of nitrogens with zero attached hydrogens (tertiary/aromatic N) is 7. The predicted molar refractivity (Wildman–Crippen MR) is 128 cm³/mol. The number of H-pyrrole nitrogens is 2. The molecule has 0 saturated carbocycles. The number of benzene rings is 1. The molecule has 188 valence electrons. The van der Waals surface area contributed by atoms with Crippen LogP contribution in [-0.4, -0.2) is 70.2 Å². The number of aromatic nitrogens is 6. The highest BCUT2D eigenvalue weighted by molar-refractivity contribution is 6.08. The number of amides is 1. The highest BCUT2D eigenvalue weighted by atomic mass is 19.1. The van der Waals surface area contributed by atoms with Crippen LogP contribution >= 0.6 is 0 Å². The first-order valence-corrected chi connectivity index (χ1v) is 11.9. The Morgan fingerprint density at radius 3 is 2.72 bits per heavy atom. The van der Waals surface area contributed by atoms with E-state index in [-0.39, 0.29) is 23.8 Å². The molecule has 0 aliphatic carbocycles. The molecule has 6 rings (SSSR count). The molecule has 1 aromatic carbocycles. The van der Waals surface area contributed by atoms with Crippen molar-refractivity contribution in [1.29, 1.82) is 0 Å². The Balaban J connectivity index is 1.26. The van der Waals surface area contributed by atoms with Gasteiger partial charge in [-0.2, -0.15) is 10.2 Å². The molecule has 3 aliphatic heterocycles. The molecule has 2 N–H and O–H groups in total. The number of aromatic amines is 2. The molecular weight excluding hydrogens is 469 g/mol. The van der Waals surface area contributed by atoms with E-state index >= 15 is 4.39 Å².